The Hall–Kier alpha value is -3.70. The summed E-state index contributed by atoms with van der Waals surface area (Å²) in [7, 11) is 1.17. The molecule has 12 heteroatoms. The zero-order chi connectivity index (χ0) is 28.7. The molecule has 1 aliphatic heterocycles. The quantitative estimate of drug-likeness (QED) is 0.534. The molecule has 38 heavy (non-hydrogen) atoms. The van der Waals surface area contributed by atoms with E-state index in [1.165, 1.54) is 30.3 Å². The second-order valence-electron chi connectivity index (χ2n) is 9.19. The molecule has 0 saturated carbocycles. The standard InChI is InChI=1S/C24H27F3N4O5.C2H6/c1-23(2,3)36-22(34)31-9-5-6-18(31)20(32)30-12-15-10-16(17(13-28-15)21(33)35-4)14-7-8-19(29-11-14)24(25,26)27;1-2/h7-8,10-11,13,18H,5-6,9,12H2,1-4H3,(H,30,32);1-2H3/t18-;/m0./s1. The fraction of sp³-hybridized carbons (Fsp3) is 0.500. The minimum absolute atomic E-state index is 0.0287. The number of nitrogens with zero attached hydrogens (tertiary/aromatic N) is 3. The van der Waals surface area contributed by atoms with E-state index in [4.69, 9.17) is 9.47 Å². The van der Waals surface area contributed by atoms with Gasteiger partial charge in [0.05, 0.1) is 24.9 Å². The van der Waals surface area contributed by atoms with E-state index in [1.54, 1.807) is 20.8 Å². The number of esters is 1. The molecule has 3 rings (SSSR count). The van der Waals surface area contributed by atoms with Crippen molar-refractivity contribution in [1.29, 1.82) is 0 Å². The highest BCUT2D eigenvalue weighted by Gasteiger charge is 2.36. The topological polar surface area (TPSA) is 111 Å². The van der Waals surface area contributed by atoms with Gasteiger partial charge in [0.25, 0.3) is 0 Å². The van der Waals surface area contributed by atoms with Crippen molar-refractivity contribution in [3.8, 4) is 11.1 Å². The average molecular weight is 539 g/mol. The molecule has 0 bridgehead atoms. The van der Waals surface area contributed by atoms with Crippen LogP contribution in [0.2, 0.25) is 0 Å². The number of nitrogens with one attached hydrogen (secondary N) is 1. The Morgan fingerprint density at radius 2 is 1.79 bits per heavy atom. The molecule has 2 aromatic heterocycles. The summed E-state index contributed by atoms with van der Waals surface area (Å²) in [5, 5.41) is 2.73. The molecule has 2 amide bonds. The Morgan fingerprint density at radius 3 is 2.34 bits per heavy atom. The highest BCUT2D eigenvalue weighted by Crippen LogP contribution is 2.30. The lowest BCUT2D eigenvalue weighted by Gasteiger charge is -2.28. The van der Waals surface area contributed by atoms with E-state index >= 15 is 0 Å². The number of methoxy groups -OCH3 is 1. The molecular formula is C26H33F3N4O5. The van der Waals surface area contributed by atoms with Crippen LogP contribution in [0, 0.1) is 0 Å². The maximum atomic E-state index is 12.9. The number of hydrogen-bond donors (Lipinski definition) is 1. The van der Waals surface area contributed by atoms with Crippen molar-refractivity contribution >= 4 is 18.0 Å². The molecule has 9 nitrogen and oxygen atoms in total. The monoisotopic (exact) mass is 538 g/mol. The zero-order valence-corrected chi connectivity index (χ0v) is 22.3. The molecule has 3 heterocycles. The van der Waals surface area contributed by atoms with Gasteiger partial charge in [-0.05, 0) is 45.7 Å². The first kappa shape index (κ1) is 30.5. The van der Waals surface area contributed by atoms with Gasteiger partial charge in [-0.3, -0.25) is 19.7 Å². The number of carbonyl (C=O) groups is 3. The van der Waals surface area contributed by atoms with Crippen molar-refractivity contribution < 1.29 is 37.0 Å². The molecule has 1 fully saturated rings. The maximum Gasteiger partial charge on any atom is 0.433 e. The molecule has 0 aromatic carbocycles. The summed E-state index contributed by atoms with van der Waals surface area (Å²) >= 11 is 0. The summed E-state index contributed by atoms with van der Waals surface area (Å²) in [6.45, 7) is 9.57. The Bertz CT molecular complexity index is 1130. The largest absolute Gasteiger partial charge is 0.465 e. The SMILES string of the molecule is CC.COC(=O)c1cnc(CNC(=O)[C@@H]2CCCN2C(=O)OC(C)(C)C)cc1-c1ccc(C(F)(F)F)nc1. The Kier molecular flexibility index (Phi) is 10.2. The van der Waals surface area contributed by atoms with Crippen molar-refractivity contribution in [3.05, 3.63) is 47.5 Å². The molecule has 0 unspecified atom stereocenters. The number of halogens is 3. The first-order valence-electron chi connectivity index (χ1n) is 12.2. The zero-order valence-electron chi connectivity index (χ0n) is 22.3. The Balaban J connectivity index is 0.00000247. The first-order valence-corrected chi connectivity index (χ1v) is 12.2. The van der Waals surface area contributed by atoms with E-state index in [-0.39, 0.29) is 23.2 Å². The van der Waals surface area contributed by atoms with Gasteiger partial charge >= 0.3 is 18.2 Å². The van der Waals surface area contributed by atoms with Gasteiger partial charge < -0.3 is 14.8 Å². The smallest absolute Gasteiger partial charge is 0.433 e. The van der Waals surface area contributed by atoms with E-state index < -0.39 is 41.5 Å². The van der Waals surface area contributed by atoms with Gasteiger partial charge in [-0.15, -0.1) is 0 Å². The van der Waals surface area contributed by atoms with Crippen LogP contribution in [0.3, 0.4) is 0 Å². The van der Waals surface area contributed by atoms with Gasteiger partial charge in [0.2, 0.25) is 5.91 Å². The molecular weight excluding hydrogens is 505 g/mol. The van der Waals surface area contributed by atoms with Crippen LogP contribution in [-0.4, -0.2) is 58.1 Å². The summed E-state index contributed by atoms with van der Waals surface area (Å²) in [5.41, 5.74) is -0.911. The summed E-state index contributed by atoms with van der Waals surface area (Å²) in [4.78, 5) is 46.5. The number of carbonyl (C=O) groups excluding carboxylic acids is 3. The minimum atomic E-state index is -4.61. The number of hydrogen-bond acceptors (Lipinski definition) is 7. The average Bonchev–Trinajstić information content (AvgIpc) is 3.37. The number of aromatic nitrogens is 2. The van der Waals surface area contributed by atoms with Crippen LogP contribution in [0.1, 0.15) is 69.2 Å². The number of amides is 2. The number of alkyl halides is 3. The summed E-state index contributed by atoms with van der Waals surface area (Å²) < 4.78 is 48.8. The molecule has 2 aromatic rings. The van der Waals surface area contributed by atoms with Crippen LogP contribution in [-0.2, 0) is 27.0 Å². The highest BCUT2D eigenvalue weighted by molar-refractivity contribution is 5.97. The van der Waals surface area contributed by atoms with E-state index in [2.05, 4.69) is 15.3 Å². The predicted octanol–water partition coefficient (Wildman–Crippen LogP) is 4.99. The number of pyridine rings is 2. The first-order chi connectivity index (χ1) is 17.8. The Morgan fingerprint density at radius 1 is 1.11 bits per heavy atom. The number of ether oxygens (including phenoxy) is 2. The second kappa shape index (κ2) is 12.7. The second-order valence-corrected chi connectivity index (χ2v) is 9.19. The summed E-state index contributed by atoms with van der Waals surface area (Å²) in [6.07, 6.45) is -1.83. The van der Waals surface area contributed by atoms with Crippen molar-refractivity contribution in [2.75, 3.05) is 13.7 Å². The maximum absolute atomic E-state index is 12.9. The normalized spacial score (nSPS) is 15.3. The highest BCUT2D eigenvalue weighted by atomic mass is 19.4. The van der Waals surface area contributed by atoms with Crippen LogP contribution in [0.15, 0.2) is 30.6 Å². The van der Waals surface area contributed by atoms with Crippen LogP contribution in [0.5, 0.6) is 0 Å². The van der Waals surface area contributed by atoms with Crippen LogP contribution in [0.25, 0.3) is 11.1 Å². The predicted molar refractivity (Wildman–Crippen MR) is 133 cm³/mol. The van der Waals surface area contributed by atoms with Gasteiger partial charge in [0.15, 0.2) is 0 Å². The lowest BCUT2D eigenvalue weighted by Crippen LogP contribution is -2.47. The molecule has 0 radical (unpaired) electrons. The van der Waals surface area contributed by atoms with Gasteiger partial charge in [-0.2, -0.15) is 13.2 Å². The van der Waals surface area contributed by atoms with Gasteiger partial charge in [-0.1, -0.05) is 19.9 Å². The van der Waals surface area contributed by atoms with Crippen LogP contribution in [0.4, 0.5) is 18.0 Å². The molecule has 1 N–H and O–H groups in total. The van der Waals surface area contributed by atoms with Gasteiger partial charge in [-0.25, -0.2) is 9.59 Å². The molecule has 0 spiro atoms. The molecule has 1 aliphatic rings. The molecule has 1 saturated heterocycles. The third-order valence-electron chi connectivity index (χ3n) is 5.36. The van der Waals surface area contributed by atoms with Gasteiger partial charge in [0, 0.05) is 30.1 Å². The van der Waals surface area contributed by atoms with Gasteiger partial charge in [0.1, 0.15) is 17.3 Å². The van der Waals surface area contributed by atoms with Crippen molar-refractivity contribution in [1.82, 2.24) is 20.2 Å². The molecule has 208 valence electrons. The van der Waals surface area contributed by atoms with E-state index in [1.807, 2.05) is 13.8 Å². The van der Waals surface area contributed by atoms with Crippen molar-refractivity contribution in [2.24, 2.45) is 0 Å². The van der Waals surface area contributed by atoms with E-state index in [0.717, 1.165) is 12.3 Å². The lowest BCUT2D eigenvalue weighted by molar-refractivity contribution is -0.141. The lowest BCUT2D eigenvalue weighted by atomic mass is 10.0. The number of likely N-dealkylation sites (tertiary alicyclic amines) is 1. The number of rotatable bonds is 5. The molecule has 1 atom stereocenters. The van der Waals surface area contributed by atoms with Crippen LogP contribution >= 0.6 is 0 Å². The fourth-order valence-electron chi connectivity index (χ4n) is 3.70. The Labute approximate surface area is 219 Å². The van der Waals surface area contributed by atoms with Crippen molar-refractivity contribution in [2.45, 2.75) is 71.8 Å². The third-order valence-corrected chi connectivity index (χ3v) is 5.36. The van der Waals surface area contributed by atoms with Crippen LogP contribution < -0.4 is 5.32 Å². The fourth-order valence-corrected chi connectivity index (χ4v) is 3.70. The molecule has 0 aliphatic carbocycles. The van der Waals surface area contributed by atoms with E-state index in [0.29, 0.717) is 25.1 Å². The van der Waals surface area contributed by atoms with Crippen molar-refractivity contribution in [3.63, 3.8) is 0 Å². The summed E-state index contributed by atoms with van der Waals surface area (Å²) in [5.74, 6) is -1.12. The summed E-state index contributed by atoms with van der Waals surface area (Å²) in [6, 6.07) is 2.77. The third kappa shape index (κ3) is 7.90. The van der Waals surface area contributed by atoms with E-state index in [9.17, 15) is 27.6 Å². The minimum Gasteiger partial charge on any atom is -0.465 e.